The fraction of sp³-hybridized carbons (Fsp3) is 0.385. The predicted molar refractivity (Wildman–Crippen MR) is 72.6 cm³/mol. The third kappa shape index (κ3) is 3.84. The van der Waals surface area contributed by atoms with Gasteiger partial charge < -0.3 is 10.0 Å². The summed E-state index contributed by atoms with van der Waals surface area (Å²) in [4.78, 5) is 24.5. The lowest BCUT2D eigenvalue weighted by Crippen LogP contribution is -2.39. The number of amides is 1. The van der Waals surface area contributed by atoms with Crippen LogP contribution in [0.15, 0.2) is 28.7 Å². The van der Waals surface area contributed by atoms with Crippen molar-refractivity contribution in [3.05, 3.63) is 34.3 Å². The Morgan fingerprint density at radius 1 is 1.44 bits per heavy atom. The second kappa shape index (κ2) is 6.54. The summed E-state index contributed by atoms with van der Waals surface area (Å²) < 4.78 is 0.829. The van der Waals surface area contributed by atoms with Crippen molar-refractivity contribution in [3.8, 4) is 0 Å². The monoisotopic (exact) mass is 313 g/mol. The zero-order chi connectivity index (χ0) is 13.7. The molecule has 1 unspecified atom stereocenters. The molecule has 0 saturated heterocycles. The van der Waals surface area contributed by atoms with E-state index in [1.54, 1.807) is 30.0 Å². The highest BCUT2D eigenvalue weighted by Crippen LogP contribution is 2.15. The topological polar surface area (TPSA) is 57.6 Å². The average Bonchev–Trinajstić information content (AvgIpc) is 2.28. The molecule has 98 valence electrons. The van der Waals surface area contributed by atoms with E-state index < -0.39 is 5.97 Å². The zero-order valence-electron chi connectivity index (χ0n) is 10.4. The van der Waals surface area contributed by atoms with Crippen LogP contribution in [-0.2, 0) is 4.79 Å². The molecule has 0 saturated carbocycles. The summed E-state index contributed by atoms with van der Waals surface area (Å²) in [6.45, 7) is 4.07. The van der Waals surface area contributed by atoms with Gasteiger partial charge in [0, 0.05) is 22.6 Å². The Balaban J connectivity index is 2.88. The highest BCUT2D eigenvalue weighted by molar-refractivity contribution is 9.10. The summed E-state index contributed by atoms with van der Waals surface area (Å²) in [5.41, 5.74) is 0.559. The van der Waals surface area contributed by atoms with Gasteiger partial charge in [0.25, 0.3) is 5.91 Å². The minimum absolute atomic E-state index is 0.0480. The number of benzene rings is 1. The summed E-state index contributed by atoms with van der Waals surface area (Å²) in [6.07, 6.45) is -0.0480. The highest BCUT2D eigenvalue weighted by atomic mass is 79.9. The lowest BCUT2D eigenvalue weighted by Gasteiger charge is -2.27. The zero-order valence-corrected chi connectivity index (χ0v) is 12.0. The van der Waals surface area contributed by atoms with Crippen molar-refractivity contribution in [2.45, 2.75) is 26.3 Å². The van der Waals surface area contributed by atoms with Crippen LogP contribution >= 0.6 is 15.9 Å². The first-order valence-corrected chi connectivity index (χ1v) is 6.53. The molecule has 1 atom stereocenters. The molecule has 18 heavy (non-hydrogen) atoms. The minimum atomic E-state index is -0.900. The summed E-state index contributed by atoms with van der Waals surface area (Å²) in [7, 11) is 0. The fourth-order valence-electron chi connectivity index (χ4n) is 1.81. The number of carboxylic acids is 1. The molecule has 0 aromatic heterocycles. The van der Waals surface area contributed by atoms with Crippen molar-refractivity contribution in [2.75, 3.05) is 6.54 Å². The Labute approximate surface area is 115 Å². The Morgan fingerprint density at radius 3 is 2.61 bits per heavy atom. The van der Waals surface area contributed by atoms with Crippen molar-refractivity contribution in [1.29, 1.82) is 0 Å². The molecule has 1 aromatic rings. The van der Waals surface area contributed by atoms with E-state index in [0.717, 1.165) is 4.47 Å². The number of carboxylic acid groups (broad SMARTS) is 1. The Morgan fingerprint density at radius 2 is 2.11 bits per heavy atom. The normalized spacial score (nSPS) is 11.9. The van der Waals surface area contributed by atoms with E-state index in [1.165, 1.54) is 0 Å². The number of carbonyl (C=O) groups is 2. The van der Waals surface area contributed by atoms with Gasteiger partial charge in [-0.2, -0.15) is 0 Å². The lowest BCUT2D eigenvalue weighted by molar-refractivity contribution is -0.138. The molecule has 0 heterocycles. The number of nitrogens with zero attached hydrogens (tertiary/aromatic N) is 1. The second-order valence-electron chi connectivity index (χ2n) is 4.05. The Hall–Kier alpha value is -1.36. The summed E-state index contributed by atoms with van der Waals surface area (Å²) in [5, 5.41) is 8.78. The first kappa shape index (κ1) is 14.7. The Kier molecular flexibility index (Phi) is 5.34. The van der Waals surface area contributed by atoms with E-state index in [2.05, 4.69) is 15.9 Å². The van der Waals surface area contributed by atoms with Gasteiger partial charge in [-0.25, -0.2) is 0 Å². The third-order valence-corrected chi connectivity index (χ3v) is 3.17. The van der Waals surface area contributed by atoms with E-state index in [4.69, 9.17) is 5.11 Å². The number of aliphatic carboxylic acids is 1. The maximum atomic E-state index is 12.3. The maximum absolute atomic E-state index is 12.3. The number of rotatable bonds is 5. The van der Waals surface area contributed by atoms with Crippen LogP contribution in [0.2, 0.25) is 0 Å². The molecular weight excluding hydrogens is 298 g/mol. The molecule has 5 heteroatoms. The summed E-state index contributed by atoms with van der Waals surface area (Å²) >= 11 is 3.31. The molecule has 0 aliphatic rings. The Bertz CT molecular complexity index is 448. The van der Waals surface area contributed by atoms with E-state index in [9.17, 15) is 9.59 Å². The average molecular weight is 314 g/mol. The quantitative estimate of drug-likeness (QED) is 0.909. The molecule has 0 radical (unpaired) electrons. The lowest BCUT2D eigenvalue weighted by atomic mass is 10.1. The number of carbonyl (C=O) groups excluding carboxylic acids is 1. The van der Waals surface area contributed by atoms with Gasteiger partial charge in [0.2, 0.25) is 0 Å². The molecule has 4 nitrogen and oxygen atoms in total. The SMILES string of the molecule is CCN(C(=O)c1cccc(Br)c1)C(C)CC(=O)O. The fourth-order valence-corrected chi connectivity index (χ4v) is 2.20. The van der Waals surface area contributed by atoms with Crippen LogP contribution in [0.25, 0.3) is 0 Å². The van der Waals surface area contributed by atoms with Crippen LogP contribution in [0, 0.1) is 0 Å². The van der Waals surface area contributed by atoms with Crippen molar-refractivity contribution in [3.63, 3.8) is 0 Å². The van der Waals surface area contributed by atoms with Crippen LogP contribution < -0.4 is 0 Å². The number of hydrogen-bond donors (Lipinski definition) is 1. The molecule has 0 fully saturated rings. The van der Waals surface area contributed by atoms with Gasteiger partial charge in [0.05, 0.1) is 6.42 Å². The molecule has 1 N–H and O–H groups in total. The predicted octanol–water partition coefficient (Wildman–Crippen LogP) is 2.77. The van der Waals surface area contributed by atoms with E-state index in [0.29, 0.717) is 12.1 Å². The van der Waals surface area contributed by atoms with Crippen LogP contribution in [0.3, 0.4) is 0 Å². The highest BCUT2D eigenvalue weighted by Gasteiger charge is 2.21. The van der Waals surface area contributed by atoms with Gasteiger partial charge in [-0.15, -0.1) is 0 Å². The van der Waals surface area contributed by atoms with Gasteiger partial charge >= 0.3 is 5.97 Å². The van der Waals surface area contributed by atoms with Gasteiger partial charge in [0.15, 0.2) is 0 Å². The third-order valence-electron chi connectivity index (χ3n) is 2.68. The first-order valence-electron chi connectivity index (χ1n) is 5.74. The molecule has 1 aromatic carbocycles. The molecule has 0 spiro atoms. The van der Waals surface area contributed by atoms with E-state index in [1.807, 2.05) is 13.0 Å². The van der Waals surface area contributed by atoms with E-state index >= 15 is 0 Å². The number of halogens is 1. The van der Waals surface area contributed by atoms with Crippen LogP contribution in [0.1, 0.15) is 30.6 Å². The van der Waals surface area contributed by atoms with Crippen molar-refractivity contribution >= 4 is 27.8 Å². The first-order chi connectivity index (χ1) is 8.45. The van der Waals surface area contributed by atoms with Gasteiger partial charge in [-0.3, -0.25) is 9.59 Å². The van der Waals surface area contributed by atoms with Crippen LogP contribution in [0.4, 0.5) is 0 Å². The van der Waals surface area contributed by atoms with Crippen LogP contribution in [-0.4, -0.2) is 34.5 Å². The molecular formula is C13H16BrNO3. The molecule has 1 amide bonds. The summed E-state index contributed by atoms with van der Waals surface area (Å²) in [6, 6.07) is 6.77. The molecule has 0 bridgehead atoms. The van der Waals surface area contributed by atoms with Crippen molar-refractivity contribution < 1.29 is 14.7 Å². The maximum Gasteiger partial charge on any atom is 0.305 e. The van der Waals surface area contributed by atoms with Crippen LogP contribution in [0.5, 0.6) is 0 Å². The largest absolute Gasteiger partial charge is 0.481 e. The van der Waals surface area contributed by atoms with E-state index in [-0.39, 0.29) is 18.4 Å². The summed E-state index contributed by atoms with van der Waals surface area (Å²) in [5.74, 6) is -1.05. The van der Waals surface area contributed by atoms with Gasteiger partial charge in [0.1, 0.15) is 0 Å². The molecule has 0 aliphatic heterocycles. The smallest absolute Gasteiger partial charge is 0.305 e. The van der Waals surface area contributed by atoms with Gasteiger partial charge in [-0.1, -0.05) is 22.0 Å². The second-order valence-corrected chi connectivity index (χ2v) is 4.96. The molecule has 1 rings (SSSR count). The van der Waals surface area contributed by atoms with Gasteiger partial charge in [-0.05, 0) is 32.0 Å². The number of hydrogen-bond acceptors (Lipinski definition) is 2. The van der Waals surface area contributed by atoms with Crippen molar-refractivity contribution in [1.82, 2.24) is 4.90 Å². The van der Waals surface area contributed by atoms with Crippen molar-refractivity contribution in [2.24, 2.45) is 0 Å². The standard InChI is InChI=1S/C13H16BrNO3/c1-3-15(9(2)7-12(16)17)13(18)10-5-4-6-11(14)8-10/h4-6,8-9H,3,7H2,1-2H3,(H,16,17). The molecule has 0 aliphatic carbocycles. The minimum Gasteiger partial charge on any atom is -0.481 e.